The molecule has 3 N–H and O–H groups in total. The molecule has 2 amide bonds. The highest BCUT2D eigenvalue weighted by Crippen LogP contribution is 2.45. The standard InChI is InChI=1S/C24H33N5O5S/c1-35(32,33)24(9-2-3-10-24)20-17-21(29-12-15-34-16-13-29)28-22(27-20)18-5-7-19(8-6-18)26-23(31)25-11-4-14-30/h5-8,17,30H,2-4,9-16H2,1H3,(H2,25,26,31). The average molecular weight is 504 g/mol. The number of hydrogen-bond donors (Lipinski definition) is 3. The predicted octanol–water partition coefficient (Wildman–Crippen LogP) is 2.30. The lowest BCUT2D eigenvalue weighted by atomic mass is 10.0. The first-order valence-electron chi connectivity index (χ1n) is 12.0. The van der Waals surface area contributed by atoms with Crippen LogP contribution in [0.3, 0.4) is 0 Å². The number of anilines is 2. The van der Waals surface area contributed by atoms with Gasteiger partial charge in [0, 0.05) is 49.8 Å². The summed E-state index contributed by atoms with van der Waals surface area (Å²) >= 11 is 0. The summed E-state index contributed by atoms with van der Waals surface area (Å²) in [6.07, 6.45) is 4.60. The lowest BCUT2D eigenvalue weighted by molar-refractivity contribution is 0.122. The van der Waals surface area contributed by atoms with Crippen molar-refractivity contribution in [2.24, 2.45) is 0 Å². The molecule has 11 heteroatoms. The van der Waals surface area contributed by atoms with Crippen molar-refractivity contribution in [1.82, 2.24) is 15.3 Å². The van der Waals surface area contributed by atoms with Crippen LogP contribution in [0.15, 0.2) is 30.3 Å². The number of sulfone groups is 1. The molecule has 35 heavy (non-hydrogen) atoms. The maximum absolute atomic E-state index is 13.0. The van der Waals surface area contributed by atoms with Gasteiger partial charge in [0.25, 0.3) is 0 Å². The number of urea groups is 1. The smallest absolute Gasteiger partial charge is 0.319 e. The number of carbonyl (C=O) groups excluding carboxylic acids is 1. The summed E-state index contributed by atoms with van der Waals surface area (Å²) < 4.78 is 30.4. The number of amides is 2. The van der Waals surface area contributed by atoms with Crippen molar-refractivity contribution >= 4 is 27.4 Å². The first-order valence-corrected chi connectivity index (χ1v) is 13.9. The highest BCUT2D eigenvalue weighted by molar-refractivity contribution is 7.91. The molecule has 4 rings (SSSR count). The molecule has 2 aromatic rings. The van der Waals surface area contributed by atoms with Crippen molar-refractivity contribution in [3.63, 3.8) is 0 Å². The Morgan fingerprint density at radius 2 is 1.83 bits per heavy atom. The molecule has 0 radical (unpaired) electrons. The molecule has 0 bridgehead atoms. The Bertz CT molecular complexity index is 1130. The van der Waals surface area contributed by atoms with E-state index in [9.17, 15) is 13.2 Å². The van der Waals surface area contributed by atoms with E-state index in [4.69, 9.17) is 19.8 Å². The zero-order valence-corrected chi connectivity index (χ0v) is 20.8. The monoisotopic (exact) mass is 503 g/mol. The lowest BCUT2D eigenvalue weighted by Gasteiger charge is -2.31. The van der Waals surface area contributed by atoms with Crippen LogP contribution in [0.1, 0.15) is 37.8 Å². The fourth-order valence-electron chi connectivity index (χ4n) is 4.67. The van der Waals surface area contributed by atoms with Gasteiger partial charge in [-0.2, -0.15) is 0 Å². The Labute approximate surface area is 206 Å². The van der Waals surface area contributed by atoms with E-state index in [1.54, 1.807) is 12.1 Å². The number of morpholine rings is 1. The van der Waals surface area contributed by atoms with Gasteiger partial charge in [0.05, 0.1) is 18.9 Å². The summed E-state index contributed by atoms with van der Waals surface area (Å²) in [6, 6.07) is 8.63. The summed E-state index contributed by atoms with van der Waals surface area (Å²) in [6.45, 7) is 2.93. The van der Waals surface area contributed by atoms with Crippen molar-refractivity contribution in [2.75, 3.05) is 55.9 Å². The molecule has 2 heterocycles. The molecular formula is C24H33N5O5S. The molecule has 1 aliphatic heterocycles. The average Bonchev–Trinajstić information content (AvgIpc) is 3.37. The number of hydrogen-bond acceptors (Lipinski definition) is 8. The van der Waals surface area contributed by atoms with Crippen LogP contribution >= 0.6 is 0 Å². The van der Waals surface area contributed by atoms with E-state index < -0.39 is 14.6 Å². The predicted molar refractivity (Wildman–Crippen MR) is 134 cm³/mol. The molecular weight excluding hydrogens is 470 g/mol. The third-order valence-electron chi connectivity index (χ3n) is 6.66. The van der Waals surface area contributed by atoms with E-state index in [1.807, 2.05) is 18.2 Å². The Morgan fingerprint density at radius 3 is 2.46 bits per heavy atom. The summed E-state index contributed by atoms with van der Waals surface area (Å²) in [4.78, 5) is 23.7. The summed E-state index contributed by atoms with van der Waals surface area (Å²) in [7, 11) is -3.40. The van der Waals surface area contributed by atoms with Gasteiger partial charge in [-0.05, 0) is 43.5 Å². The molecule has 2 fully saturated rings. The van der Waals surface area contributed by atoms with Crippen molar-refractivity contribution in [1.29, 1.82) is 0 Å². The normalized spacial score (nSPS) is 17.8. The van der Waals surface area contributed by atoms with Gasteiger partial charge in [0.2, 0.25) is 0 Å². The quantitative estimate of drug-likeness (QED) is 0.467. The summed E-state index contributed by atoms with van der Waals surface area (Å²) in [5.41, 5.74) is 1.88. The van der Waals surface area contributed by atoms with Crippen molar-refractivity contribution in [3.05, 3.63) is 36.0 Å². The second-order valence-electron chi connectivity index (χ2n) is 9.04. The summed E-state index contributed by atoms with van der Waals surface area (Å²) in [5, 5.41) is 14.3. The minimum absolute atomic E-state index is 0.0150. The highest BCUT2D eigenvalue weighted by Gasteiger charge is 2.46. The van der Waals surface area contributed by atoms with Crippen molar-refractivity contribution < 1.29 is 23.1 Å². The largest absolute Gasteiger partial charge is 0.396 e. The number of nitrogens with zero attached hydrogens (tertiary/aromatic N) is 3. The number of aliphatic hydroxyl groups excluding tert-OH is 1. The fraction of sp³-hybridized carbons (Fsp3) is 0.542. The van der Waals surface area contributed by atoms with Gasteiger partial charge in [-0.3, -0.25) is 0 Å². The number of carbonyl (C=O) groups is 1. The van der Waals surface area contributed by atoms with Gasteiger partial charge < -0.3 is 25.4 Å². The van der Waals surface area contributed by atoms with Crippen LogP contribution in [-0.2, 0) is 19.3 Å². The van der Waals surface area contributed by atoms with E-state index in [1.165, 1.54) is 6.26 Å². The SMILES string of the molecule is CS(=O)(=O)C1(c2cc(N3CCOCC3)nc(-c3ccc(NC(=O)NCCCO)cc3)n2)CCCC1. The van der Waals surface area contributed by atoms with Gasteiger partial charge in [-0.1, -0.05) is 12.8 Å². The molecule has 1 aliphatic carbocycles. The van der Waals surface area contributed by atoms with E-state index >= 15 is 0 Å². The van der Waals surface area contributed by atoms with Gasteiger partial charge in [0.1, 0.15) is 10.6 Å². The molecule has 0 atom stereocenters. The van der Waals surface area contributed by atoms with Crippen LogP contribution in [0.25, 0.3) is 11.4 Å². The minimum atomic E-state index is -3.40. The number of nitrogens with one attached hydrogen (secondary N) is 2. The number of aromatic nitrogens is 2. The molecule has 2 aliphatic rings. The summed E-state index contributed by atoms with van der Waals surface area (Å²) in [5.74, 6) is 1.16. The van der Waals surface area contributed by atoms with Crippen LogP contribution in [0, 0.1) is 0 Å². The van der Waals surface area contributed by atoms with Crippen LogP contribution in [0.2, 0.25) is 0 Å². The van der Waals surface area contributed by atoms with Crippen molar-refractivity contribution in [3.8, 4) is 11.4 Å². The van der Waals surface area contributed by atoms with Crippen molar-refractivity contribution in [2.45, 2.75) is 36.9 Å². The van der Waals surface area contributed by atoms with Crippen LogP contribution in [0.4, 0.5) is 16.3 Å². The lowest BCUT2D eigenvalue weighted by Crippen LogP contribution is -2.38. The molecule has 190 valence electrons. The zero-order valence-electron chi connectivity index (χ0n) is 20.0. The second-order valence-corrected chi connectivity index (χ2v) is 11.4. The Hall–Kier alpha value is -2.76. The Kier molecular flexibility index (Phi) is 7.88. The number of ether oxygens (including phenoxy) is 1. The van der Waals surface area contributed by atoms with Gasteiger partial charge in [0.15, 0.2) is 15.7 Å². The Morgan fingerprint density at radius 1 is 1.14 bits per heavy atom. The third kappa shape index (κ3) is 5.74. The molecule has 1 saturated carbocycles. The maximum atomic E-state index is 13.0. The van der Waals surface area contributed by atoms with E-state index in [-0.39, 0.29) is 12.6 Å². The van der Waals surface area contributed by atoms with Crippen LogP contribution < -0.4 is 15.5 Å². The first kappa shape index (κ1) is 25.3. The first-order chi connectivity index (χ1) is 16.8. The zero-order chi connectivity index (χ0) is 24.9. The minimum Gasteiger partial charge on any atom is -0.396 e. The molecule has 0 unspecified atom stereocenters. The number of rotatable bonds is 8. The van der Waals surface area contributed by atoms with E-state index in [2.05, 4.69) is 15.5 Å². The number of benzene rings is 1. The van der Waals surface area contributed by atoms with Gasteiger partial charge >= 0.3 is 6.03 Å². The molecule has 10 nitrogen and oxygen atoms in total. The van der Waals surface area contributed by atoms with Crippen LogP contribution in [0.5, 0.6) is 0 Å². The fourth-order valence-corrected chi connectivity index (χ4v) is 6.19. The molecule has 1 saturated heterocycles. The third-order valence-corrected chi connectivity index (χ3v) is 8.69. The number of aliphatic hydroxyl groups is 1. The molecule has 0 spiro atoms. The van der Waals surface area contributed by atoms with Gasteiger partial charge in [-0.15, -0.1) is 0 Å². The van der Waals surface area contributed by atoms with E-state index in [0.29, 0.717) is 75.1 Å². The molecule has 1 aromatic carbocycles. The molecule has 1 aromatic heterocycles. The van der Waals surface area contributed by atoms with E-state index in [0.717, 1.165) is 18.4 Å². The Balaban J connectivity index is 1.66. The highest BCUT2D eigenvalue weighted by atomic mass is 32.2. The topological polar surface area (TPSA) is 134 Å². The maximum Gasteiger partial charge on any atom is 0.319 e. The van der Waals surface area contributed by atoms with Gasteiger partial charge in [-0.25, -0.2) is 23.2 Å². The van der Waals surface area contributed by atoms with Crippen LogP contribution in [-0.4, -0.2) is 75.2 Å². The second kappa shape index (κ2) is 10.9.